The Kier molecular flexibility index (Phi) is 4.18. The summed E-state index contributed by atoms with van der Waals surface area (Å²) in [6, 6.07) is 7.33. The van der Waals surface area contributed by atoms with Gasteiger partial charge in [0.2, 0.25) is 0 Å². The highest BCUT2D eigenvalue weighted by Gasteiger charge is 2.07. The molecule has 1 unspecified atom stereocenters. The number of hydrogen-bond acceptors (Lipinski definition) is 3. The first-order valence-corrected chi connectivity index (χ1v) is 6.05. The average molecular weight is 244 g/mol. The minimum Gasteiger partial charge on any atom is -0.494 e. The zero-order chi connectivity index (χ0) is 12.8. The summed E-state index contributed by atoms with van der Waals surface area (Å²) in [6.45, 7) is 2.19. The molecule has 0 aliphatic carbocycles. The van der Waals surface area contributed by atoms with Crippen LogP contribution in [0.15, 0.2) is 42.7 Å². The maximum Gasteiger partial charge on any atom is 0.338 e. The molecule has 1 aliphatic heterocycles. The zero-order valence-electron chi connectivity index (χ0n) is 10.3. The van der Waals surface area contributed by atoms with E-state index < -0.39 is 0 Å². The van der Waals surface area contributed by atoms with E-state index in [0.717, 1.165) is 12.0 Å². The van der Waals surface area contributed by atoms with E-state index in [4.69, 9.17) is 9.47 Å². The molecular formula is C15H16O3. The third-order valence-electron chi connectivity index (χ3n) is 2.64. The molecule has 1 aromatic rings. The van der Waals surface area contributed by atoms with Gasteiger partial charge in [-0.15, -0.1) is 0 Å². The topological polar surface area (TPSA) is 35.5 Å². The Balaban J connectivity index is 1.96. The van der Waals surface area contributed by atoms with Crippen molar-refractivity contribution in [3.8, 4) is 0 Å². The standard InChI is InChI=1S/C15H16O3/c1-2-17-15(16)13-8-5-12(6-9-13)7-10-14-4-3-11-18-14/h3,5-11,14H,2,4H2,1H3/b10-7+. The van der Waals surface area contributed by atoms with Crippen molar-refractivity contribution in [3.05, 3.63) is 53.8 Å². The van der Waals surface area contributed by atoms with E-state index in [-0.39, 0.29) is 12.1 Å². The number of hydrogen-bond donors (Lipinski definition) is 0. The molecule has 1 atom stereocenters. The molecule has 0 bridgehead atoms. The summed E-state index contributed by atoms with van der Waals surface area (Å²) in [7, 11) is 0. The van der Waals surface area contributed by atoms with E-state index in [1.807, 2.05) is 30.4 Å². The van der Waals surface area contributed by atoms with Crippen LogP contribution in [0, 0.1) is 0 Å². The van der Waals surface area contributed by atoms with Crippen LogP contribution in [0.4, 0.5) is 0 Å². The van der Waals surface area contributed by atoms with E-state index in [2.05, 4.69) is 0 Å². The van der Waals surface area contributed by atoms with Crippen molar-refractivity contribution in [1.29, 1.82) is 0 Å². The first-order valence-electron chi connectivity index (χ1n) is 6.05. The SMILES string of the molecule is CCOC(=O)c1ccc(/C=C/C2CC=CO2)cc1. The Labute approximate surface area is 107 Å². The molecule has 0 saturated carbocycles. The van der Waals surface area contributed by atoms with E-state index in [0.29, 0.717) is 12.2 Å². The first-order chi connectivity index (χ1) is 8.79. The Morgan fingerprint density at radius 3 is 2.83 bits per heavy atom. The summed E-state index contributed by atoms with van der Waals surface area (Å²) in [5.41, 5.74) is 1.62. The van der Waals surface area contributed by atoms with Crippen molar-refractivity contribution < 1.29 is 14.3 Å². The summed E-state index contributed by atoms with van der Waals surface area (Å²) < 4.78 is 10.3. The second-order valence-corrected chi connectivity index (χ2v) is 3.98. The summed E-state index contributed by atoms with van der Waals surface area (Å²) in [5.74, 6) is -0.281. The predicted octanol–water partition coefficient (Wildman–Crippen LogP) is 3.18. The maximum atomic E-state index is 11.5. The summed E-state index contributed by atoms with van der Waals surface area (Å²) in [6.07, 6.45) is 8.77. The number of rotatable bonds is 4. The smallest absolute Gasteiger partial charge is 0.338 e. The fourth-order valence-corrected chi connectivity index (χ4v) is 1.69. The van der Waals surface area contributed by atoms with Crippen LogP contribution in [0.1, 0.15) is 29.3 Å². The molecule has 1 heterocycles. The van der Waals surface area contributed by atoms with Gasteiger partial charge < -0.3 is 9.47 Å². The molecule has 0 aromatic heterocycles. The second kappa shape index (κ2) is 6.05. The van der Waals surface area contributed by atoms with Crippen LogP contribution in [0.3, 0.4) is 0 Å². The Morgan fingerprint density at radius 1 is 1.44 bits per heavy atom. The van der Waals surface area contributed by atoms with Crippen molar-refractivity contribution in [2.45, 2.75) is 19.4 Å². The third kappa shape index (κ3) is 3.23. The van der Waals surface area contributed by atoms with E-state index in [1.165, 1.54) is 0 Å². The van der Waals surface area contributed by atoms with Gasteiger partial charge in [0.1, 0.15) is 6.10 Å². The molecule has 1 aromatic carbocycles. The monoisotopic (exact) mass is 244 g/mol. The largest absolute Gasteiger partial charge is 0.494 e. The lowest BCUT2D eigenvalue weighted by Gasteiger charge is -2.04. The highest BCUT2D eigenvalue weighted by atomic mass is 16.5. The normalized spacial score (nSPS) is 17.9. The molecule has 0 spiro atoms. The molecule has 2 rings (SSSR count). The Morgan fingerprint density at radius 2 is 2.22 bits per heavy atom. The number of carbonyl (C=O) groups excluding carboxylic acids is 1. The molecule has 0 N–H and O–H groups in total. The van der Waals surface area contributed by atoms with Crippen LogP contribution in [0.2, 0.25) is 0 Å². The van der Waals surface area contributed by atoms with Gasteiger partial charge in [-0.1, -0.05) is 18.2 Å². The van der Waals surface area contributed by atoms with Gasteiger partial charge in [-0.25, -0.2) is 4.79 Å². The molecular weight excluding hydrogens is 228 g/mol. The third-order valence-corrected chi connectivity index (χ3v) is 2.64. The molecule has 18 heavy (non-hydrogen) atoms. The van der Waals surface area contributed by atoms with Crippen LogP contribution < -0.4 is 0 Å². The number of ether oxygens (including phenoxy) is 2. The molecule has 0 radical (unpaired) electrons. The minimum atomic E-state index is -0.281. The van der Waals surface area contributed by atoms with E-state index in [1.54, 1.807) is 25.3 Å². The molecule has 0 fully saturated rings. The fraction of sp³-hybridized carbons (Fsp3) is 0.267. The van der Waals surface area contributed by atoms with E-state index in [9.17, 15) is 4.79 Å². The lowest BCUT2D eigenvalue weighted by atomic mass is 10.1. The van der Waals surface area contributed by atoms with Crippen LogP contribution in [0.5, 0.6) is 0 Å². The molecule has 94 valence electrons. The molecule has 0 amide bonds. The maximum absolute atomic E-state index is 11.5. The van der Waals surface area contributed by atoms with Crippen molar-refractivity contribution in [3.63, 3.8) is 0 Å². The van der Waals surface area contributed by atoms with Gasteiger partial charge in [0, 0.05) is 6.42 Å². The highest BCUT2D eigenvalue weighted by molar-refractivity contribution is 5.89. The van der Waals surface area contributed by atoms with Gasteiger partial charge in [-0.2, -0.15) is 0 Å². The van der Waals surface area contributed by atoms with Gasteiger partial charge in [0.15, 0.2) is 0 Å². The van der Waals surface area contributed by atoms with Crippen molar-refractivity contribution in [1.82, 2.24) is 0 Å². The minimum absolute atomic E-state index is 0.134. The lowest BCUT2D eigenvalue weighted by molar-refractivity contribution is 0.0526. The van der Waals surface area contributed by atoms with Gasteiger partial charge >= 0.3 is 5.97 Å². The zero-order valence-corrected chi connectivity index (χ0v) is 10.3. The highest BCUT2D eigenvalue weighted by Crippen LogP contribution is 2.13. The molecule has 3 heteroatoms. The quantitative estimate of drug-likeness (QED) is 0.763. The van der Waals surface area contributed by atoms with Crippen LogP contribution in [-0.2, 0) is 9.47 Å². The summed E-state index contributed by atoms with van der Waals surface area (Å²) >= 11 is 0. The molecule has 0 saturated heterocycles. The van der Waals surface area contributed by atoms with Gasteiger partial charge in [-0.3, -0.25) is 0 Å². The second-order valence-electron chi connectivity index (χ2n) is 3.98. The van der Waals surface area contributed by atoms with Crippen LogP contribution in [-0.4, -0.2) is 18.7 Å². The van der Waals surface area contributed by atoms with Crippen LogP contribution >= 0.6 is 0 Å². The van der Waals surface area contributed by atoms with Gasteiger partial charge in [0.25, 0.3) is 0 Å². The summed E-state index contributed by atoms with van der Waals surface area (Å²) in [5, 5.41) is 0. The Hall–Kier alpha value is -2.03. The molecule has 1 aliphatic rings. The van der Waals surface area contributed by atoms with Crippen molar-refractivity contribution >= 4 is 12.0 Å². The number of carbonyl (C=O) groups is 1. The first kappa shape index (κ1) is 12.4. The number of esters is 1. The van der Waals surface area contributed by atoms with E-state index >= 15 is 0 Å². The Bertz CT molecular complexity index is 449. The van der Waals surface area contributed by atoms with Gasteiger partial charge in [0.05, 0.1) is 18.4 Å². The summed E-state index contributed by atoms with van der Waals surface area (Å²) in [4.78, 5) is 11.5. The van der Waals surface area contributed by atoms with Crippen molar-refractivity contribution in [2.24, 2.45) is 0 Å². The van der Waals surface area contributed by atoms with Crippen molar-refractivity contribution in [2.75, 3.05) is 6.61 Å². The number of benzene rings is 1. The predicted molar refractivity (Wildman–Crippen MR) is 70.1 cm³/mol. The molecule has 3 nitrogen and oxygen atoms in total. The average Bonchev–Trinajstić information content (AvgIpc) is 2.90. The van der Waals surface area contributed by atoms with Gasteiger partial charge in [-0.05, 0) is 36.8 Å². The fourth-order valence-electron chi connectivity index (χ4n) is 1.69. The lowest BCUT2D eigenvalue weighted by Crippen LogP contribution is -2.04. The van der Waals surface area contributed by atoms with Crippen LogP contribution in [0.25, 0.3) is 6.08 Å².